The zero-order valence-electron chi connectivity index (χ0n) is 20.4. The number of hydrogen-bond donors (Lipinski definition) is 2. The Morgan fingerprint density at radius 2 is 2.00 bits per heavy atom. The second-order valence-electron chi connectivity index (χ2n) is 9.05. The Kier molecular flexibility index (Phi) is 10.8. The number of ether oxygens (including phenoxy) is 1. The van der Waals surface area contributed by atoms with Crippen molar-refractivity contribution in [2.75, 3.05) is 26.7 Å². The molecule has 178 valence electrons. The maximum Gasteiger partial charge on any atom is 0.0880 e. The van der Waals surface area contributed by atoms with Crippen LogP contribution in [0, 0.1) is 12.8 Å². The lowest BCUT2D eigenvalue weighted by Crippen LogP contribution is -2.30. The van der Waals surface area contributed by atoms with E-state index in [1.54, 1.807) is 12.1 Å². The van der Waals surface area contributed by atoms with Crippen LogP contribution in [0.3, 0.4) is 0 Å². The van der Waals surface area contributed by atoms with Gasteiger partial charge in [0, 0.05) is 24.9 Å². The molecule has 4 N–H and O–H groups in total. The average Bonchev–Trinajstić information content (AvgIpc) is 2.76. The number of aryl methyl sites for hydroxylation is 1. The number of allylic oxidation sites excluding steroid dienone is 1. The van der Waals surface area contributed by atoms with Gasteiger partial charge in [-0.25, -0.2) is 5.84 Å². The van der Waals surface area contributed by atoms with E-state index in [1.807, 2.05) is 19.9 Å². The summed E-state index contributed by atoms with van der Waals surface area (Å²) >= 11 is 0. The predicted molar refractivity (Wildman–Crippen MR) is 135 cm³/mol. The Balaban J connectivity index is 2.18. The highest BCUT2D eigenvalue weighted by Crippen LogP contribution is 2.28. The summed E-state index contributed by atoms with van der Waals surface area (Å²) in [6.45, 7) is 11.3. The van der Waals surface area contributed by atoms with E-state index in [-0.39, 0.29) is 6.10 Å². The molecule has 0 bridgehead atoms. The van der Waals surface area contributed by atoms with E-state index >= 15 is 0 Å². The first-order chi connectivity index (χ1) is 15.3. The van der Waals surface area contributed by atoms with Gasteiger partial charge >= 0.3 is 0 Å². The number of aliphatic imine (C=N–C) groups is 2. The summed E-state index contributed by atoms with van der Waals surface area (Å²) in [5.41, 5.74) is 11.9. The van der Waals surface area contributed by atoms with Crippen LogP contribution < -0.4 is 11.6 Å². The van der Waals surface area contributed by atoms with Crippen molar-refractivity contribution in [1.82, 2.24) is 9.99 Å². The Labute approximate surface area is 194 Å². The summed E-state index contributed by atoms with van der Waals surface area (Å²) in [5, 5.41) is 1.55. The van der Waals surface area contributed by atoms with E-state index in [0.29, 0.717) is 31.8 Å². The second-order valence-corrected chi connectivity index (χ2v) is 9.05. The van der Waals surface area contributed by atoms with Crippen molar-refractivity contribution in [2.24, 2.45) is 27.5 Å². The maximum atomic E-state index is 6.55. The third-order valence-corrected chi connectivity index (χ3v) is 5.98. The van der Waals surface area contributed by atoms with E-state index in [1.165, 1.54) is 37.7 Å². The zero-order valence-corrected chi connectivity index (χ0v) is 20.4. The van der Waals surface area contributed by atoms with Gasteiger partial charge in [0.05, 0.1) is 42.9 Å². The third kappa shape index (κ3) is 8.36. The fourth-order valence-corrected chi connectivity index (χ4v) is 4.19. The standard InChI is InChI=1S/C25H42N6O/c1-18(2)32-14-13-29-22(17-28-4)16-24(31(5)27)25(26)23-12-11-21(19(3)30-23)15-20-9-7-6-8-10-20/h11-12,18,20H,4,6-10,13-17,26-27H2,1-3,5H3/b25-24-,29-22?. The van der Waals surface area contributed by atoms with Crippen molar-refractivity contribution >= 4 is 18.1 Å². The first kappa shape index (κ1) is 26.0. The molecule has 1 aromatic rings. The first-order valence-electron chi connectivity index (χ1n) is 11.8. The van der Waals surface area contributed by atoms with Gasteiger partial charge in [0.15, 0.2) is 0 Å². The first-order valence-corrected chi connectivity index (χ1v) is 11.8. The van der Waals surface area contributed by atoms with Crippen molar-refractivity contribution in [3.8, 4) is 0 Å². The van der Waals surface area contributed by atoms with Crippen molar-refractivity contribution < 1.29 is 4.74 Å². The molecule has 0 radical (unpaired) electrons. The van der Waals surface area contributed by atoms with Crippen LogP contribution >= 0.6 is 0 Å². The summed E-state index contributed by atoms with van der Waals surface area (Å²) in [4.78, 5) is 13.5. The van der Waals surface area contributed by atoms with Gasteiger partial charge in [-0.15, -0.1) is 0 Å². The van der Waals surface area contributed by atoms with Crippen LogP contribution in [0.15, 0.2) is 27.8 Å². The summed E-state index contributed by atoms with van der Waals surface area (Å²) in [6, 6.07) is 4.19. The highest BCUT2D eigenvalue weighted by Gasteiger charge is 2.17. The molecular formula is C25H42N6O. The van der Waals surface area contributed by atoms with Crippen LogP contribution in [0.25, 0.3) is 5.70 Å². The fourth-order valence-electron chi connectivity index (χ4n) is 4.19. The minimum atomic E-state index is 0.183. The molecule has 7 nitrogen and oxygen atoms in total. The van der Waals surface area contributed by atoms with Crippen molar-refractivity contribution in [3.63, 3.8) is 0 Å². The van der Waals surface area contributed by atoms with Gasteiger partial charge in [-0.3, -0.25) is 15.0 Å². The number of pyridine rings is 1. The molecule has 0 aromatic carbocycles. The number of nitrogens with zero attached hydrogens (tertiary/aromatic N) is 4. The monoisotopic (exact) mass is 442 g/mol. The van der Waals surface area contributed by atoms with Crippen molar-refractivity contribution in [1.29, 1.82) is 0 Å². The normalized spacial score (nSPS) is 16.2. The van der Waals surface area contributed by atoms with Gasteiger partial charge in [-0.2, -0.15) is 0 Å². The lowest BCUT2D eigenvalue weighted by Gasteiger charge is -2.23. The predicted octanol–water partition coefficient (Wildman–Crippen LogP) is 3.90. The number of aromatic nitrogens is 1. The summed E-state index contributed by atoms with van der Waals surface area (Å²) < 4.78 is 5.58. The average molecular weight is 443 g/mol. The molecule has 0 saturated heterocycles. The molecule has 32 heavy (non-hydrogen) atoms. The number of rotatable bonds is 12. The van der Waals surface area contributed by atoms with E-state index in [0.717, 1.165) is 35.1 Å². The topological polar surface area (TPSA) is 102 Å². The van der Waals surface area contributed by atoms with E-state index in [2.05, 4.69) is 29.7 Å². The van der Waals surface area contributed by atoms with Gasteiger partial charge in [-0.1, -0.05) is 38.2 Å². The molecule has 1 saturated carbocycles. The van der Waals surface area contributed by atoms with E-state index in [9.17, 15) is 0 Å². The number of hydrazine groups is 1. The summed E-state index contributed by atoms with van der Waals surface area (Å²) in [5.74, 6) is 6.92. The van der Waals surface area contributed by atoms with E-state index in [4.69, 9.17) is 21.3 Å². The van der Waals surface area contributed by atoms with Gasteiger partial charge in [-0.05, 0) is 51.5 Å². The van der Waals surface area contributed by atoms with Gasteiger partial charge in [0.25, 0.3) is 0 Å². The molecule has 0 unspecified atom stereocenters. The molecule has 1 aliphatic rings. The molecule has 0 spiro atoms. The smallest absolute Gasteiger partial charge is 0.0880 e. The molecule has 0 aliphatic heterocycles. The van der Waals surface area contributed by atoms with Crippen LogP contribution in [-0.4, -0.2) is 55.3 Å². The SMILES string of the molecule is C=NCC(C/C(=C(/N)c1ccc(CC2CCCCC2)c(C)n1)N(C)N)=NCCOC(C)C. The molecule has 1 aliphatic carbocycles. The fraction of sp³-hybridized carbons (Fsp3) is 0.640. The minimum absolute atomic E-state index is 0.183. The third-order valence-electron chi connectivity index (χ3n) is 5.98. The quantitative estimate of drug-likeness (QED) is 0.221. The number of nitrogens with two attached hydrogens (primary N) is 2. The largest absolute Gasteiger partial charge is 0.396 e. The molecule has 7 heteroatoms. The lowest BCUT2D eigenvalue weighted by atomic mass is 9.84. The molecular weight excluding hydrogens is 400 g/mol. The molecule has 1 aromatic heterocycles. The van der Waals surface area contributed by atoms with Crippen LogP contribution in [0.2, 0.25) is 0 Å². The summed E-state index contributed by atoms with van der Waals surface area (Å²) in [7, 11) is 1.79. The van der Waals surface area contributed by atoms with E-state index < -0.39 is 0 Å². The van der Waals surface area contributed by atoms with Crippen LogP contribution in [0.1, 0.15) is 69.3 Å². The van der Waals surface area contributed by atoms with Crippen LogP contribution in [0.5, 0.6) is 0 Å². The van der Waals surface area contributed by atoms with Gasteiger partial charge < -0.3 is 15.5 Å². The summed E-state index contributed by atoms with van der Waals surface area (Å²) in [6.07, 6.45) is 8.51. The van der Waals surface area contributed by atoms with Crippen LogP contribution in [-0.2, 0) is 11.2 Å². The zero-order chi connectivity index (χ0) is 23.5. The Morgan fingerprint density at radius 3 is 2.59 bits per heavy atom. The molecule has 1 heterocycles. The molecule has 2 rings (SSSR count). The highest BCUT2D eigenvalue weighted by molar-refractivity contribution is 5.90. The second kappa shape index (κ2) is 13.3. The molecule has 0 atom stereocenters. The van der Waals surface area contributed by atoms with Crippen molar-refractivity contribution in [2.45, 2.75) is 71.8 Å². The Hall–Kier alpha value is -2.25. The van der Waals surface area contributed by atoms with Crippen LogP contribution in [0.4, 0.5) is 0 Å². The highest BCUT2D eigenvalue weighted by atomic mass is 16.5. The number of hydrogen-bond acceptors (Lipinski definition) is 7. The lowest BCUT2D eigenvalue weighted by molar-refractivity contribution is 0.0853. The maximum absolute atomic E-state index is 6.55. The van der Waals surface area contributed by atoms with Gasteiger partial charge in [0.2, 0.25) is 0 Å². The Morgan fingerprint density at radius 1 is 1.28 bits per heavy atom. The minimum Gasteiger partial charge on any atom is -0.396 e. The van der Waals surface area contributed by atoms with Crippen molar-refractivity contribution in [3.05, 3.63) is 34.8 Å². The Bertz CT molecular complexity index is 794. The molecule has 1 fully saturated rings. The van der Waals surface area contributed by atoms with Gasteiger partial charge in [0.1, 0.15) is 0 Å². The molecule has 0 amide bonds.